The Bertz CT molecular complexity index is 1140. The number of carbonyl (C=O) groups excluding carboxylic acids is 3. The van der Waals surface area contributed by atoms with Crippen molar-refractivity contribution in [2.75, 3.05) is 11.9 Å². The molecule has 2 heterocycles. The van der Waals surface area contributed by atoms with Crippen molar-refractivity contribution < 1.29 is 14.4 Å². The number of halogens is 2. The number of thiophene rings is 1. The zero-order valence-electron chi connectivity index (χ0n) is 16.5. The molecule has 31 heavy (non-hydrogen) atoms. The zero-order valence-corrected chi connectivity index (χ0v) is 19.7. The zero-order chi connectivity index (χ0) is 22.5. The Labute approximate surface area is 196 Å². The van der Waals surface area contributed by atoms with Gasteiger partial charge in [-0.05, 0) is 37.3 Å². The van der Waals surface area contributed by atoms with Gasteiger partial charge in [0.15, 0.2) is 5.13 Å². The Morgan fingerprint density at radius 1 is 1.03 bits per heavy atom. The Hall–Kier alpha value is -2.46. The van der Waals surface area contributed by atoms with Gasteiger partial charge in [0, 0.05) is 22.2 Å². The molecule has 3 N–H and O–H groups in total. The molecule has 162 valence electrons. The van der Waals surface area contributed by atoms with Gasteiger partial charge in [-0.15, -0.1) is 22.7 Å². The maximum Gasteiger partial charge on any atom is 0.251 e. The fourth-order valence-electron chi connectivity index (χ4n) is 2.55. The third-order valence-corrected chi connectivity index (χ3v) is 6.76. The standard InChI is InChI=1S/C20H18Cl2N4O3S2/c1-10-18(16-6-4-13(31-16)8-23-11(2)27)26-20(30-10)25-17(28)9-24-19(29)12-3-5-14(21)15(22)7-12/h3-7H,8-9H2,1-2H3,(H,23,27)(H,24,29)(H,25,26,28). The van der Waals surface area contributed by atoms with E-state index in [0.29, 0.717) is 22.3 Å². The summed E-state index contributed by atoms with van der Waals surface area (Å²) in [6.07, 6.45) is 0. The number of hydrogen-bond acceptors (Lipinski definition) is 6. The van der Waals surface area contributed by atoms with Crippen LogP contribution >= 0.6 is 45.9 Å². The summed E-state index contributed by atoms with van der Waals surface area (Å²) in [4.78, 5) is 42.9. The summed E-state index contributed by atoms with van der Waals surface area (Å²) < 4.78 is 0. The Morgan fingerprint density at radius 3 is 2.52 bits per heavy atom. The van der Waals surface area contributed by atoms with Crippen LogP contribution < -0.4 is 16.0 Å². The van der Waals surface area contributed by atoms with Crippen LogP contribution in [0, 0.1) is 6.92 Å². The molecular weight excluding hydrogens is 479 g/mol. The normalized spacial score (nSPS) is 10.6. The maximum atomic E-state index is 12.2. The lowest BCUT2D eigenvalue weighted by molar-refractivity contribution is -0.119. The topological polar surface area (TPSA) is 100 Å². The van der Waals surface area contributed by atoms with Crippen molar-refractivity contribution in [1.82, 2.24) is 15.6 Å². The summed E-state index contributed by atoms with van der Waals surface area (Å²) in [5.74, 6) is -0.919. The molecule has 2 aromatic heterocycles. The van der Waals surface area contributed by atoms with Crippen LogP contribution in [0.15, 0.2) is 30.3 Å². The number of amides is 3. The molecule has 7 nitrogen and oxygen atoms in total. The van der Waals surface area contributed by atoms with Crippen LogP contribution in [0.1, 0.15) is 27.0 Å². The molecule has 0 fully saturated rings. The first kappa shape index (κ1) is 23.2. The van der Waals surface area contributed by atoms with Gasteiger partial charge in [-0.25, -0.2) is 4.98 Å². The number of carbonyl (C=O) groups is 3. The van der Waals surface area contributed by atoms with E-state index >= 15 is 0 Å². The van der Waals surface area contributed by atoms with Crippen molar-refractivity contribution in [3.05, 3.63) is 55.7 Å². The van der Waals surface area contributed by atoms with Crippen molar-refractivity contribution in [2.45, 2.75) is 20.4 Å². The van der Waals surface area contributed by atoms with E-state index in [2.05, 4.69) is 20.9 Å². The average molecular weight is 497 g/mol. The van der Waals surface area contributed by atoms with Crippen molar-refractivity contribution in [1.29, 1.82) is 0 Å². The smallest absolute Gasteiger partial charge is 0.251 e. The molecule has 1 aromatic carbocycles. The average Bonchev–Trinajstić information content (AvgIpc) is 3.32. The van der Waals surface area contributed by atoms with Gasteiger partial charge in [-0.2, -0.15) is 0 Å². The maximum absolute atomic E-state index is 12.2. The number of aromatic nitrogens is 1. The van der Waals surface area contributed by atoms with Crippen LogP contribution in [0.4, 0.5) is 5.13 Å². The number of thiazole rings is 1. The largest absolute Gasteiger partial charge is 0.351 e. The first-order valence-electron chi connectivity index (χ1n) is 9.07. The second kappa shape index (κ2) is 10.2. The van der Waals surface area contributed by atoms with E-state index < -0.39 is 11.8 Å². The van der Waals surface area contributed by atoms with Gasteiger partial charge in [-0.3, -0.25) is 14.4 Å². The van der Waals surface area contributed by atoms with Crippen molar-refractivity contribution in [2.24, 2.45) is 0 Å². The third kappa shape index (κ3) is 6.27. The predicted molar refractivity (Wildman–Crippen MR) is 125 cm³/mol. The van der Waals surface area contributed by atoms with Crippen molar-refractivity contribution in [3.63, 3.8) is 0 Å². The lowest BCUT2D eigenvalue weighted by Gasteiger charge is -2.06. The van der Waals surface area contributed by atoms with Gasteiger partial charge in [0.05, 0.1) is 33.7 Å². The molecule has 0 saturated carbocycles. The number of aryl methyl sites for hydroxylation is 1. The van der Waals surface area contributed by atoms with Crippen molar-refractivity contribution >= 4 is 68.7 Å². The second-order valence-electron chi connectivity index (χ2n) is 6.46. The molecule has 0 aliphatic carbocycles. The first-order chi connectivity index (χ1) is 14.7. The molecule has 3 aromatic rings. The fourth-order valence-corrected chi connectivity index (χ4v) is 4.75. The molecule has 0 saturated heterocycles. The molecule has 3 amide bonds. The first-order valence-corrected chi connectivity index (χ1v) is 11.5. The molecule has 0 spiro atoms. The summed E-state index contributed by atoms with van der Waals surface area (Å²) in [7, 11) is 0. The molecule has 11 heteroatoms. The number of anilines is 1. The van der Waals surface area contributed by atoms with Crippen LogP contribution in [0.5, 0.6) is 0 Å². The number of nitrogens with zero attached hydrogens (tertiary/aromatic N) is 1. The van der Waals surface area contributed by atoms with Crippen molar-refractivity contribution in [3.8, 4) is 10.6 Å². The number of nitrogens with one attached hydrogen (secondary N) is 3. The highest BCUT2D eigenvalue weighted by Crippen LogP contribution is 2.34. The highest BCUT2D eigenvalue weighted by molar-refractivity contribution is 7.18. The molecule has 0 bridgehead atoms. The van der Waals surface area contributed by atoms with Crippen LogP contribution in [0.25, 0.3) is 10.6 Å². The Kier molecular flexibility index (Phi) is 7.66. The van der Waals surface area contributed by atoms with Gasteiger partial charge >= 0.3 is 0 Å². The Morgan fingerprint density at radius 2 is 1.81 bits per heavy atom. The lowest BCUT2D eigenvalue weighted by atomic mass is 10.2. The summed E-state index contributed by atoms with van der Waals surface area (Å²) in [5, 5.41) is 9.05. The molecule has 0 aliphatic rings. The highest BCUT2D eigenvalue weighted by Gasteiger charge is 2.15. The van der Waals surface area contributed by atoms with Crippen LogP contribution in [0.2, 0.25) is 10.0 Å². The minimum Gasteiger partial charge on any atom is -0.351 e. The summed E-state index contributed by atoms with van der Waals surface area (Å²) in [6, 6.07) is 8.36. The van der Waals surface area contributed by atoms with E-state index in [9.17, 15) is 14.4 Å². The van der Waals surface area contributed by atoms with E-state index in [-0.39, 0.29) is 17.5 Å². The van der Waals surface area contributed by atoms with Gasteiger partial charge in [0.25, 0.3) is 5.91 Å². The number of hydrogen-bond donors (Lipinski definition) is 3. The summed E-state index contributed by atoms with van der Waals surface area (Å²) in [5.41, 5.74) is 1.08. The summed E-state index contributed by atoms with van der Waals surface area (Å²) >= 11 is 14.6. The molecule has 0 unspecified atom stereocenters. The number of rotatable bonds is 7. The van der Waals surface area contributed by atoms with Gasteiger partial charge < -0.3 is 16.0 Å². The van der Waals surface area contributed by atoms with Crippen LogP contribution in [-0.2, 0) is 16.1 Å². The van der Waals surface area contributed by atoms with Crippen LogP contribution in [0.3, 0.4) is 0 Å². The lowest BCUT2D eigenvalue weighted by Crippen LogP contribution is -2.32. The van der Waals surface area contributed by atoms with Gasteiger partial charge in [0.2, 0.25) is 11.8 Å². The fraction of sp³-hybridized carbons (Fsp3) is 0.200. The minimum atomic E-state index is -0.435. The van der Waals surface area contributed by atoms with E-state index in [1.807, 2.05) is 19.1 Å². The molecule has 0 aliphatic heterocycles. The third-order valence-electron chi connectivity index (χ3n) is 4.04. The van der Waals surface area contributed by atoms with E-state index in [1.54, 1.807) is 0 Å². The summed E-state index contributed by atoms with van der Waals surface area (Å²) in [6.45, 7) is 3.64. The van der Waals surface area contributed by atoms with E-state index in [0.717, 1.165) is 20.3 Å². The molecule has 0 radical (unpaired) electrons. The monoisotopic (exact) mass is 496 g/mol. The predicted octanol–water partition coefficient (Wildman–Crippen LogP) is 4.49. The molecule has 3 rings (SSSR count). The Balaban J connectivity index is 1.58. The molecule has 0 atom stereocenters. The minimum absolute atomic E-state index is 0.0870. The van der Waals surface area contributed by atoms with E-state index in [4.69, 9.17) is 23.2 Å². The molecular formula is C20H18Cl2N4O3S2. The quantitative estimate of drug-likeness (QED) is 0.448. The number of benzene rings is 1. The second-order valence-corrected chi connectivity index (χ2v) is 9.65. The van der Waals surface area contributed by atoms with E-state index in [1.165, 1.54) is 47.8 Å². The SMILES string of the molecule is CC(=O)NCc1ccc(-c2nc(NC(=O)CNC(=O)c3ccc(Cl)c(Cl)c3)sc2C)s1. The van der Waals surface area contributed by atoms with Gasteiger partial charge in [-0.1, -0.05) is 23.2 Å². The van der Waals surface area contributed by atoms with Crippen LogP contribution in [-0.4, -0.2) is 29.3 Å². The van der Waals surface area contributed by atoms with Gasteiger partial charge in [0.1, 0.15) is 0 Å². The highest BCUT2D eigenvalue weighted by atomic mass is 35.5.